The fraction of sp³-hybridized carbons (Fsp3) is 0.143. The van der Waals surface area contributed by atoms with Gasteiger partial charge in [-0.25, -0.2) is 8.78 Å². The maximum atomic E-state index is 12.3. The summed E-state index contributed by atoms with van der Waals surface area (Å²) in [6.07, 6.45) is -2.44. The predicted molar refractivity (Wildman–Crippen MR) is 59.5 cm³/mol. The Bertz CT molecular complexity index is 302. The van der Waals surface area contributed by atoms with Gasteiger partial charge in [0, 0.05) is 18.1 Å². The third-order valence-electron chi connectivity index (χ3n) is 1.26. The van der Waals surface area contributed by atoms with Gasteiger partial charge in [-0.1, -0.05) is 15.9 Å². The van der Waals surface area contributed by atoms with E-state index < -0.39 is 6.43 Å². The fourth-order valence-corrected chi connectivity index (χ4v) is 2.69. The van der Waals surface area contributed by atoms with Crippen LogP contribution in [0.1, 0.15) is 12.0 Å². The van der Waals surface area contributed by atoms with Crippen molar-refractivity contribution < 1.29 is 8.78 Å². The van der Waals surface area contributed by atoms with E-state index in [0.717, 1.165) is 3.57 Å². The van der Waals surface area contributed by atoms with Crippen LogP contribution in [0.5, 0.6) is 0 Å². The minimum Gasteiger partial charge on any atom is -0.205 e. The Balaban J connectivity index is 3.28. The standard InChI is InChI=1S/C7H3Br2F2I/c8-3-1-4(7(10)11)6(9)5(12)2-3/h1-2,7H. The smallest absolute Gasteiger partial charge is 0.205 e. The second kappa shape index (κ2) is 4.32. The van der Waals surface area contributed by atoms with Gasteiger partial charge < -0.3 is 0 Å². The number of hydrogen-bond acceptors (Lipinski definition) is 0. The van der Waals surface area contributed by atoms with Gasteiger partial charge in [0.2, 0.25) is 0 Å². The lowest BCUT2D eigenvalue weighted by Crippen LogP contribution is -1.89. The van der Waals surface area contributed by atoms with Crippen LogP contribution < -0.4 is 0 Å². The summed E-state index contributed by atoms with van der Waals surface area (Å²) in [6, 6.07) is 3.19. The van der Waals surface area contributed by atoms with Crippen molar-refractivity contribution in [2.45, 2.75) is 6.43 Å². The van der Waals surface area contributed by atoms with Crippen LogP contribution in [-0.4, -0.2) is 0 Å². The Morgan fingerprint density at radius 1 is 1.25 bits per heavy atom. The molecule has 1 rings (SSSR count). The number of alkyl halides is 2. The summed E-state index contributed by atoms with van der Waals surface area (Å²) < 4.78 is 26.6. The summed E-state index contributed by atoms with van der Waals surface area (Å²) in [7, 11) is 0. The lowest BCUT2D eigenvalue weighted by molar-refractivity contribution is 0.150. The van der Waals surface area contributed by atoms with Crippen LogP contribution >= 0.6 is 54.5 Å². The van der Waals surface area contributed by atoms with Gasteiger partial charge in [0.15, 0.2) is 0 Å². The van der Waals surface area contributed by atoms with Crippen molar-refractivity contribution in [1.29, 1.82) is 0 Å². The van der Waals surface area contributed by atoms with Gasteiger partial charge in [-0.05, 0) is 50.7 Å². The zero-order valence-corrected chi connectivity index (χ0v) is 11.0. The molecule has 0 heterocycles. The van der Waals surface area contributed by atoms with E-state index in [1.165, 1.54) is 6.07 Å². The summed E-state index contributed by atoms with van der Waals surface area (Å²) in [5, 5.41) is 0. The second-order valence-electron chi connectivity index (χ2n) is 2.09. The molecule has 0 spiro atoms. The Morgan fingerprint density at radius 3 is 2.33 bits per heavy atom. The van der Waals surface area contributed by atoms with Gasteiger partial charge in [0.1, 0.15) is 0 Å². The predicted octanol–water partition coefficient (Wildman–Crippen LogP) is 4.75. The number of hydrogen-bond donors (Lipinski definition) is 0. The molecule has 1 aromatic rings. The average Bonchev–Trinajstić information content (AvgIpc) is 1.96. The van der Waals surface area contributed by atoms with Crippen LogP contribution in [-0.2, 0) is 0 Å². The largest absolute Gasteiger partial charge is 0.265 e. The van der Waals surface area contributed by atoms with Crippen molar-refractivity contribution in [3.8, 4) is 0 Å². The molecule has 0 aliphatic heterocycles. The van der Waals surface area contributed by atoms with Gasteiger partial charge in [0.05, 0.1) is 0 Å². The topological polar surface area (TPSA) is 0 Å². The van der Waals surface area contributed by atoms with Crippen LogP contribution in [0.3, 0.4) is 0 Å². The molecule has 0 aliphatic rings. The number of rotatable bonds is 1. The van der Waals surface area contributed by atoms with Gasteiger partial charge in [-0.3, -0.25) is 0 Å². The maximum Gasteiger partial charge on any atom is 0.265 e. The van der Waals surface area contributed by atoms with Gasteiger partial charge in [-0.2, -0.15) is 0 Å². The molecule has 0 aliphatic carbocycles. The molecule has 1 aromatic carbocycles. The van der Waals surface area contributed by atoms with Crippen molar-refractivity contribution in [1.82, 2.24) is 0 Å². The van der Waals surface area contributed by atoms with Crippen LogP contribution in [0.25, 0.3) is 0 Å². The van der Waals surface area contributed by atoms with Crippen molar-refractivity contribution in [3.05, 3.63) is 30.2 Å². The molecule has 0 atom stereocenters. The van der Waals surface area contributed by atoms with Gasteiger partial charge in [-0.15, -0.1) is 0 Å². The first kappa shape index (κ1) is 10.8. The number of benzene rings is 1. The van der Waals surface area contributed by atoms with E-state index in [0.29, 0.717) is 8.95 Å². The summed E-state index contributed by atoms with van der Waals surface area (Å²) in [6.45, 7) is 0. The highest BCUT2D eigenvalue weighted by Gasteiger charge is 2.14. The molecule has 66 valence electrons. The zero-order valence-electron chi connectivity index (χ0n) is 5.62. The Kier molecular flexibility index (Phi) is 3.91. The van der Waals surface area contributed by atoms with Crippen molar-refractivity contribution in [2.75, 3.05) is 0 Å². The first-order valence-corrected chi connectivity index (χ1v) is 5.61. The van der Waals surface area contributed by atoms with Crippen LogP contribution in [0.2, 0.25) is 0 Å². The molecule has 0 nitrogen and oxygen atoms in total. The second-order valence-corrected chi connectivity index (χ2v) is 4.96. The Hall–Kier alpha value is 0.770. The fourth-order valence-electron chi connectivity index (χ4n) is 0.735. The van der Waals surface area contributed by atoms with Crippen molar-refractivity contribution >= 4 is 54.5 Å². The normalized spacial score (nSPS) is 10.8. The van der Waals surface area contributed by atoms with Gasteiger partial charge >= 0.3 is 0 Å². The highest BCUT2D eigenvalue weighted by atomic mass is 127. The van der Waals surface area contributed by atoms with Crippen molar-refractivity contribution in [3.63, 3.8) is 0 Å². The van der Waals surface area contributed by atoms with Crippen LogP contribution in [0, 0.1) is 3.57 Å². The summed E-state index contributed by atoms with van der Waals surface area (Å²) in [5.74, 6) is 0. The summed E-state index contributed by atoms with van der Waals surface area (Å²) in [5.41, 5.74) is 0.0220. The molecule has 0 fully saturated rings. The zero-order chi connectivity index (χ0) is 9.30. The molecule has 0 bridgehead atoms. The molecule has 0 amide bonds. The molecule has 0 saturated heterocycles. The minimum absolute atomic E-state index is 0.0220. The van der Waals surface area contributed by atoms with E-state index in [2.05, 4.69) is 31.9 Å². The number of halogens is 5. The summed E-state index contributed by atoms with van der Waals surface area (Å²) in [4.78, 5) is 0. The average molecular weight is 412 g/mol. The highest BCUT2D eigenvalue weighted by molar-refractivity contribution is 14.1. The molecular formula is C7H3Br2F2I. The first-order chi connectivity index (χ1) is 5.52. The third-order valence-corrected chi connectivity index (χ3v) is 4.19. The lowest BCUT2D eigenvalue weighted by atomic mass is 10.2. The first-order valence-electron chi connectivity index (χ1n) is 2.95. The molecule has 0 N–H and O–H groups in total. The quantitative estimate of drug-likeness (QED) is 0.462. The Morgan fingerprint density at radius 2 is 1.83 bits per heavy atom. The lowest BCUT2D eigenvalue weighted by Gasteiger charge is -2.05. The maximum absolute atomic E-state index is 12.3. The highest BCUT2D eigenvalue weighted by Crippen LogP contribution is 2.33. The molecule has 0 aromatic heterocycles. The SMILES string of the molecule is FC(F)c1cc(Br)cc(I)c1Br. The minimum atomic E-state index is -2.44. The Labute approximate surface area is 99.1 Å². The van der Waals surface area contributed by atoms with Crippen molar-refractivity contribution in [2.24, 2.45) is 0 Å². The third kappa shape index (κ3) is 2.38. The molecular weight excluding hydrogens is 409 g/mol. The summed E-state index contributed by atoms with van der Waals surface area (Å²) >= 11 is 8.26. The van der Waals surface area contributed by atoms with E-state index >= 15 is 0 Å². The molecule has 0 saturated carbocycles. The monoisotopic (exact) mass is 410 g/mol. The molecule has 0 unspecified atom stereocenters. The molecule has 5 heteroatoms. The van der Waals surface area contributed by atoms with Crippen LogP contribution in [0.15, 0.2) is 21.1 Å². The van der Waals surface area contributed by atoms with Crippen LogP contribution in [0.4, 0.5) is 8.78 Å². The van der Waals surface area contributed by atoms with E-state index in [1.807, 2.05) is 22.6 Å². The van der Waals surface area contributed by atoms with E-state index in [1.54, 1.807) is 6.07 Å². The van der Waals surface area contributed by atoms with E-state index in [-0.39, 0.29) is 5.56 Å². The molecule has 0 radical (unpaired) electrons. The van der Waals surface area contributed by atoms with Gasteiger partial charge in [0.25, 0.3) is 6.43 Å². The van der Waals surface area contributed by atoms with E-state index in [4.69, 9.17) is 0 Å². The van der Waals surface area contributed by atoms with E-state index in [9.17, 15) is 8.78 Å². The molecule has 12 heavy (non-hydrogen) atoms.